The third-order valence-corrected chi connectivity index (χ3v) is 6.12. The zero-order valence-electron chi connectivity index (χ0n) is 14.4. The highest BCUT2D eigenvalue weighted by Gasteiger charge is 2.38. The van der Waals surface area contributed by atoms with Crippen molar-refractivity contribution in [3.8, 4) is 11.4 Å². The van der Waals surface area contributed by atoms with Gasteiger partial charge in [-0.05, 0) is 19.1 Å². The lowest BCUT2D eigenvalue weighted by Crippen LogP contribution is -2.10. The SMILES string of the molecule is Cc1nc2cc(-c3noc(C(F)(F)F)n3)ccn2c1N=S(C)(=O)C(C)C. The van der Waals surface area contributed by atoms with E-state index in [2.05, 4.69) is 24.0 Å². The summed E-state index contributed by atoms with van der Waals surface area (Å²) in [6.45, 7) is 5.35. The first-order valence-electron chi connectivity index (χ1n) is 7.60. The standard InChI is InChI=1S/C15H16F3N5O2S/c1-8(2)26(4,24)22-13-9(3)19-11-7-10(5-6-23(11)13)12-20-14(25-21-12)15(16,17)18/h5-8H,1-4H3. The van der Waals surface area contributed by atoms with Crippen molar-refractivity contribution < 1.29 is 21.9 Å². The summed E-state index contributed by atoms with van der Waals surface area (Å²) in [7, 11) is -2.46. The van der Waals surface area contributed by atoms with E-state index in [1.165, 1.54) is 12.1 Å². The first-order chi connectivity index (χ1) is 12.0. The van der Waals surface area contributed by atoms with E-state index < -0.39 is 21.8 Å². The monoisotopic (exact) mass is 387 g/mol. The van der Waals surface area contributed by atoms with Crippen molar-refractivity contribution in [2.75, 3.05) is 6.26 Å². The maximum Gasteiger partial charge on any atom is 0.471 e. The topological polar surface area (TPSA) is 85.7 Å². The van der Waals surface area contributed by atoms with Gasteiger partial charge in [0.2, 0.25) is 5.82 Å². The molecule has 3 heterocycles. The first-order valence-corrected chi connectivity index (χ1v) is 9.58. The Kier molecular flexibility index (Phi) is 4.29. The molecular formula is C15H16F3N5O2S. The van der Waals surface area contributed by atoms with Crippen LogP contribution in [0.15, 0.2) is 27.2 Å². The van der Waals surface area contributed by atoms with Gasteiger partial charge in [0.1, 0.15) is 5.65 Å². The van der Waals surface area contributed by atoms with Crippen LogP contribution in [0.5, 0.6) is 0 Å². The highest BCUT2D eigenvalue weighted by Crippen LogP contribution is 2.30. The molecule has 0 aliphatic carbocycles. The minimum absolute atomic E-state index is 0.146. The van der Waals surface area contributed by atoms with Crippen LogP contribution in [0.1, 0.15) is 25.4 Å². The lowest BCUT2D eigenvalue weighted by molar-refractivity contribution is -0.159. The lowest BCUT2D eigenvalue weighted by atomic mass is 10.2. The molecule has 0 aromatic carbocycles. The molecule has 3 rings (SSSR count). The molecule has 0 aliphatic rings. The van der Waals surface area contributed by atoms with Gasteiger partial charge in [0.05, 0.1) is 15.4 Å². The van der Waals surface area contributed by atoms with Crippen molar-refractivity contribution in [2.24, 2.45) is 4.36 Å². The molecule has 140 valence electrons. The summed E-state index contributed by atoms with van der Waals surface area (Å²) >= 11 is 0. The molecule has 11 heteroatoms. The molecular weight excluding hydrogens is 371 g/mol. The molecule has 26 heavy (non-hydrogen) atoms. The number of imidazole rings is 1. The summed E-state index contributed by atoms with van der Waals surface area (Å²) in [6.07, 6.45) is -1.56. The molecule has 0 saturated carbocycles. The molecule has 0 spiro atoms. The predicted octanol–water partition coefficient (Wildman–Crippen LogP) is 3.85. The highest BCUT2D eigenvalue weighted by molar-refractivity contribution is 7.93. The Hall–Kier alpha value is -2.43. The third kappa shape index (κ3) is 3.30. The van der Waals surface area contributed by atoms with E-state index in [9.17, 15) is 17.4 Å². The fourth-order valence-electron chi connectivity index (χ4n) is 2.13. The number of rotatable bonds is 3. The fraction of sp³-hybridized carbons (Fsp3) is 0.400. The van der Waals surface area contributed by atoms with Gasteiger partial charge >= 0.3 is 12.1 Å². The number of nitrogens with zero attached hydrogens (tertiary/aromatic N) is 5. The molecule has 0 fully saturated rings. The third-order valence-electron chi connectivity index (χ3n) is 3.84. The van der Waals surface area contributed by atoms with Crippen molar-refractivity contribution in [1.82, 2.24) is 19.5 Å². The van der Waals surface area contributed by atoms with Gasteiger partial charge < -0.3 is 4.52 Å². The van der Waals surface area contributed by atoms with E-state index in [1.54, 1.807) is 23.8 Å². The molecule has 1 atom stereocenters. The summed E-state index contributed by atoms with van der Waals surface area (Å²) in [4.78, 5) is 7.69. The van der Waals surface area contributed by atoms with Crippen LogP contribution in [-0.2, 0) is 15.9 Å². The number of pyridine rings is 1. The normalized spacial score (nSPS) is 14.8. The van der Waals surface area contributed by atoms with Gasteiger partial charge in [0.15, 0.2) is 5.82 Å². The Bertz CT molecular complexity index is 1090. The first kappa shape index (κ1) is 18.4. The summed E-state index contributed by atoms with van der Waals surface area (Å²) in [5.41, 5.74) is 1.30. The molecule has 0 saturated heterocycles. The van der Waals surface area contributed by atoms with E-state index in [0.717, 1.165) is 0 Å². The van der Waals surface area contributed by atoms with Gasteiger partial charge in [-0.1, -0.05) is 19.0 Å². The van der Waals surface area contributed by atoms with Gasteiger partial charge in [-0.2, -0.15) is 22.5 Å². The average molecular weight is 387 g/mol. The second-order valence-electron chi connectivity index (χ2n) is 6.09. The van der Waals surface area contributed by atoms with Crippen molar-refractivity contribution in [2.45, 2.75) is 32.2 Å². The Morgan fingerprint density at radius 3 is 2.58 bits per heavy atom. The van der Waals surface area contributed by atoms with Crippen molar-refractivity contribution >= 4 is 21.2 Å². The van der Waals surface area contributed by atoms with Gasteiger partial charge in [0.25, 0.3) is 0 Å². The number of aryl methyl sites for hydroxylation is 1. The van der Waals surface area contributed by atoms with Crippen molar-refractivity contribution in [3.05, 3.63) is 29.9 Å². The second-order valence-corrected chi connectivity index (χ2v) is 8.93. The van der Waals surface area contributed by atoms with Crippen LogP contribution in [0, 0.1) is 6.92 Å². The van der Waals surface area contributed by atoms with E-state index in [-0.39, 0.29) is 11.1 Å². The molecule has 0 radical (unpaired) electrons. The molecule has 3 aromatic heterocycles. The zero-order chi connectivity index (χ0) is 19.3. The maximum atomic E-state index is 12.6. The summed E-state index contributed by atoms with van der Waals surface area (Å²) in [5.74, 6) is -1.16. The molecule has 7 nitrogen and oxygen atoms in total. The van der Waals surface area contributed by atoms with Gasteiger partial charge in [-0.15, -0.1) is 0 Å². The quantitative estimate of drug-likeness (QED) is 0.681. The van der Waals surface area contributed by atoms with E-state index >= 15 is 0 Å². The van der Waals surface area contributed by atoms with Crippen molar-refractivity contribution in [3.63, 3.8) is 0 Å². The lowest BCUT2D eigenvalue weighted by Gasteiger charge is -2.08. The number of aromatic nitrogens is 4. The Balaban J connectivity index is 2.10. The summed E-state index contributed by atoms with van der Waals surface area (Å²) < 4.78 is 60.6. The molecule has 1 unspecified atom stereocenters. The predicted molar refractivity (Wildman–Crippen MR) is 89.5 cm³/mol. The van der Waals surface area contributed by atoms with E-state index in [0.29, 0.717) is 22.7 Å². The Labute approximate surface area is 147 Å². The van der Waals surface area contributed by atoms with Crippen LogP contribution in [0.2, 0.25) is 0 Å². The molecule has 0 bridgehead atoms. The molecule has 3 aromatic rings. The average Bonchev–Trinajstić information content (AvgIpc) is 3.12. The van der Waals surface area contributed by atoms with Crippen LogP contribution in [-0.4, -0.2) is 35.2 Å². The van der Waals surface area contributed by atoms with E-state index in [1.807, 2.05) is 13.8 Å². The number of alkyl halides is 3. The number of halogens is 3. The van der Waals surface area contributed by atoms with Crippen LogP contribution < -0.4 is 0 Å². The number of fused-ring (bicyclic) bond motifs is 1. The van der Waals surface area contributed by atoms with Crippen molar-refractivity contribution in [1.29, 1.82) is 0 Å². The molecule has 0 N–H and O–H groups in total. The Morgan fingerprint density at radius 1 is 1.31 bits per heavy atom. The summed E-state index contributed by atoms with van der Waals surface area (Å²) in [6, 6.07) is 3.04. The van der Waals surface area contributed by atoms with Crippen LogP contribution in [0.4, 0.5) is 19.0 Å². The van der Waals surface area contributed by atoms with Crippen LogP contribution >= 0.6 is 0 Å². The van der Waals surface area contributed by atoms with Gasteiger partial charge in [0, 0.05) is 23.3 Å². The number of hydrogen-bond donors (Lipinski definition) is 0. The fourth-order valence-corrected chi connectivity index (χ4v) is 2.91. The zero-order valence-corrected chi connectivity index (χ0v) is 15.2. The summed E-state index contributed by atoms with van der Waals surface area (Å²) in [5, 5.41) is 3.21. The number of hydrogen-bond acceptors (Lipinski definition) is 6. The minimum Gasteiger partial charge on any atom is -0.329 e. The van der Waals surface area contributed by atoms with Gasteiger partial charge in [-0.25, -0.2) is 9.19 Å². The van der Waals surface area contributed by atoms with Crippen LogP contribution in [0.25, 0.3) is 17.0 Å². The van der Waals surface area contributed by atoms with Gasteiger partial charge in [-0.3, -0.25) is 4.40 Å². The Morgan fingerprint density at radius 2 is 2.00 bits per heavy atom. The second kappa shape index (κ2) is 6.08. The largest absolute Gasteiger partial charge is 0.471 e. The minimum atomic E-state index is -4.70. The van der Waals surface area contributed by atoms with Crippen LogP contribution in [0.3, 0.4) is 0 Å². The highest BCUT2D eigenvalue weighted by atomic mass is 32.2. The van der Waals surface area contributed by atoms with E-state index in [4.69, 9.17) is 0 Å². The molecule has 0 aliphatic heterocycles. The smallest absolute Gasteiger partial charge is 0.329 e. The molecule has 0 amide bonds. The maximum absolute atomic E-state index is 12.6.